The maximum absolute atomic E-state index is 10.8. The van der Waals surface area contributed by atoms with Crippen LogP contribution in [0, 0.1) is 0 Å². The minimum Gasteiger partial charge on any atom is -0.460 e. The van der Waals surface area contributed by atoms with E-state index in [1.54, 1.807) is 0 Å². The van der Waals surface area contributed by atoms with Crippen LogP contribution in [0.25, 0.3) is 0 Å². The fraction of sp³-hybridized carbons (Fsp3) is 0.875. The fourth-order valence-electron chi connectivity index (χ4n) is 0.597. The maximum Gasteiger partial charge on any atom is 0.306 e. The number of rotatable bonds is 2. The summed E-state index contributed by atoms with van der Waals surface area (Å²) in [4.78, 5) is 10.8. The summed E-state index contributed by atoms with van der Waals surface area (Å²) in [6.45, 7) is 7.59. The van der Waals surface area contributed by atoms with Crippen molar-refractivity contribution in [2.24, 2.45) is 0 Å². The molecule has 0 N–H and O–H groups in total. The first-order valence-corrected chi connectivity index (χ1v) is 3.67. The van der Waals surface area contributed by atoms with Crippen LogP contribution < -0.4 is 0 Å². The van der Waals surface area contributed by atoms with Gasteiger partial charge in [0.25, 0.3) is 0 Å². The van der Waals surface area contributed by atoms with Crippen molar-refractivity contribution in [2.45, 2.75) is 46.1 Å². The Morgan fingerprint density at radius 2 is 1.82 bits per heavy atom. The number of ether oxygens (including phenoxy) is 1. The van der Waals surface area contributed by atoms with Gasteiger partial charge in [-0.1, -0.05) is 6.92 Å². The van der Waals surface area contributed by atoms with Gasteiger partial charge in [-0.25, -0.2) is 0 Å². The van der Waals surface area contributed by atoms with Gasteiger partial charge in [0, 0.05) is 57.8 Å². The standard InChI is InChI=1S/C8H16O2.K/c1-5-6-7(9)10-8(2,3)4;/h5-6H2,1-4H3;. The molecule has 0 unspecified atom stereocenters. The van der Waals surface area contributed by atoms with Gasteiger partial charge in [0.2, 0.25) is 0 Å². The van der Waals surface area contributed by atoms with Crippen LogP contribution in [0.15, 0.2) is 0 Å². The third kappa shape index (κ3) is 11.1. The Bertz CT molecular complexity index is 116. The van der Waals surface area contributed by atoms with E-state index in [0.29, 0.717) is 6.42 Å². The Labute approximate surface area is 111 Å². The van der Waals surface area contributed by atoms with Gasteiger partial charge in [-0.3, -0.25) is 4.79 Å². The zero-order chi connectivity index (χ0) is 8.20. The molecule has 0 aliphatic rings. The molecule has 0 aromatic rings. The monoisotopic (exact) mass is 183 g/mol. The number of hydrogen-bond acceptors (Lipinski definition) is 2. The largest absolute Gasteiger partial charge is 0.460 e. The first kappa shape index (κ1) is 14.6. The molecule has 11 heavy (non-hydrogen) atoms. The average molecular weight is 183 g/mol. The van der Waals surface area contributed by atoms with Gasteiger partial charge in [-0.15, -0.1) is 0 Å². The van der Waals surface area contributed by atoms with Crippen molar-refractivity contribution in [3.05, 3.63) is 0 Å². The smallest absolute Gasteiger partial charge is 0.306 e. The summed E-state index contributed by atoms with van der Waals surface area (Å²) in [7, 11) is 0. The van der Waals surface area contributed by atoms with Crippen LogP contribution >= 0.6 is 0 Å². The minimum absolute atomic E-state index is 0. The molecule has 2 nitrogen and oxygen atoms in total. The molecular weight excluding hydrogens is 167 g/mol. The molecule has 0 aromatic heterocycles. The molecule has 0 fully saturated rings. The van der Waals surface area contributed by atoms with Gasteiger partial charge >= 0.3 is 5.97 Å². The molecule has 0 rings (SSSR count). The molecular formula is C8H16KO2. The van der Waals surface area contributed by atoms with E-state index in [1.807, 2.05) is 27.7 Å². The maximum atomic E-state index is 10.8. The molecule has 0 bridgehead atoms. The SMILES string of the molecule is CCCC(=O)OC(C)(C)C.[K]. The fourth-order valence-corrected chi connectivity index (χ4v) is 0.597. The van der Waals surface area contributed by atoms with Crippen molar-refractivity contribution in [3.8, 4) is 0 Å². The Morgan fingerprint density at radius 1 is 1.36 bits per heavy atom. The molecule has 0 aliphatic heterocycles. The second-order valence-corrected chi connectivity index (χ2v) is 3.34. The topological polar surface area (TPSA) is 26.3 Å². The first-order valence-electron chi connectivity index (χ1n) is 3.67. The van der Waals surface area contributed by atoms with Crippen LogP contribution in [-0.4, -0.2) is 63.0 Å². The molecule has 0 atom stereocenters. The van der Waals surface area contributed by atoms with Crippen molar-refractivity contribution in [3.63, 3.8) is 0 Å². The molecule has 0 heterocycles. The van der Waals surface area contributed by atoms with Crippen molar-refractivity contribution in [2.75, 3.05) is 0 Å². The predicted octanol–water partition coefficient (Wildman–Crippen LogP) is 1.75. The van der Waals surface area contributed by atoms with E-state index in [4.69, 9.17) is 4.74 Å². The van der Waals surface area contributed by atoms with Crippen LogP contribution in [0.1, 0.15) is 40.5 Å². The average Bonchev–Trinajstić information content (AvgIpc) is 1.59. The van der Waals surface area contributed by atoms with E-state index < -0.39 is 0 Å². The zero-order valence-electron chi connectivity index (χ0n) is 8.23. The molecule has 0 aromatic carbocycles. The molecule has 0 amide bonds. The van der Waals surface area contributed by atoms with E-state index in [0.717, 1.165) is 6.42 Å². The summed E-state index contributed by atoms with van der Waals surface area (Å²) in [5.74, 6) is -0.102. The number of carbonyl (C=O) groups excluding carboxylic acids is 1. The van der Waals surface area contributed by atoms with E-state index in [-0.39, 0.29) is 63.0 Å². The third-order valence-corrected chi connectivity index (χ3v) is 0.874. The van der Waals surface area contributed by atoms with Crippen LogP contribution in [0.2, 0.25) is 0 Å². The van der Waals surface area contributed by atoms with E-state index >= 15 is 0 Å². The van der Waals surface area contributed by atoms with Crippen molar-refractivity contribution in [1.29, 1.82) is 0 Å². The van der Waals surface area contributed by atoms with Crippen molar-refractivity contribution < 1.29 is 9.53 Å². The van der Waals surface area contributed by atoms with Crippen molar-refractivity contribution in [1.82, 2.24) is 0 Å². The summed E-state index contributed by atoms with van der Waals surface area (Å²) in [6.07, 6.45) is 1.38. The van der Waals surface area contributed by atoms with E-state index in [2.05, 4.69) is 0 Å². The first-order chi connectivity index (χ1) is 4.45. The molecule has 0 aliphatic carbocycles. The second-order valence-electron chi connectivity index (χ2n) is 3.34. The summed E-state index contributed by atoms with van der Waals surface area (Å²) >= 11 is 0. The van der Waals surface area contributed by atoms with Crippen LogP contribution in [0.3, 0.4) is 0 Å². The number of hydrogen-bond donors (Lipinski definition) is 0. The van der Waals surface area contributed by atoms with E-state index in [1.165, 1.54) is 0 Å². The Kier molecular flexibility index (Phi) is 8.78. The van der Waals surface area contributed by atoms with Gasteiger partial charge in [0.15, 0.2) is 0 Å². The molecule has 3 heteroatoms. The minimum atomic E-state index is -0.327. The van der Waals surface area contributed by atoms with Crippen LogP contribution in [0.4, 0.5) is 0 Å². The Morgan fingerprint density at radius 3 is 2.09 bits per heavy atom. The quantitative estimate of drug-likeness (QED) is 0.481. The summed E-state index contributed by atoms with van der Waals surface area (Å²) in [5.41, 5.74) is -0.327. The van der Waals surface area contributed by atoms with Gasteiger partial charge in [-0.05, 0) is 27.2 Å². The molecule has 0 saturated heterocycles. The number of esters is 1. The molecule has 61 valence electrons. The summed E-state index contributed by atoms with van der Waals surface area (Å²) < 4.78 is 5.04. The van der Waals surface area contributed by atoms with Crippen molar-refractivity contribution >= 4 is 57.4 Å². The van der Waals surface area contributed by atoms with Gasteiger partial charge in [-0.2, -0.15) is 0 Å². The molecule has 0 spiro atoms. The van der Waals surface area contributed by atoms with Gasteiger partial charge in [0.05, 0.1) is 0 Å². The normalized spacial score (nSPS) is 10.2. The molecule has 0 saturated carbocycles. The zero-order valence-corrected chi connectivity index (χ0v) is 11.4. The van der Waals surface area contributed by atoms with Crippen LogP contribution in [-0.2, 0) is 9.53 Å². The Hall–Kier alpha value is 1.11. The summed E-state index contributed by atoms with van der Waals surface area (Å²) in [5, 5.41) is 0. The van der Waals surface area contributed by atoms with Gasteiger partial charge in [0.1, 0.15) is 5.60 Å². The van der Waals surface area contributed by atoms with Crippen LogP contribution in [0.5, 0.6) is 0 Å². The van der Waals surface area contributed by atoms with Gasteiger partial charge < -0.3 is 4.74 Å². The predicted molar refractivity (Wildman–Crippen MR) is 46.5 cm³/mol. The Balaban J connectivity index is 0. The third-order valence-electron chi connectivity index (χ3n) is 0.874. The van der Waals surface area contributed by atoms with E-state index in [9.17, 15) is 4.79 Å². The molecule has 1 radical (unpaired) electrons. The number of carbonyl (C=O) groups is 1. The second kappa shape index (κ2) is 6.60. The summed E-state index contributed by atoms with van der Waals surface area (Å²) in [6, 6.07) is 0.